The van der Waals surface area contributed by atoms with E-state index in [9.17, 15) is 19.6 Å². The van der Waals surface area contributed by atoms with E-state index in [1.165, 1.54) is 6.42 Å². The summed E-state index contributed by atoms with van der Waals surface area (Å²) >= 11 is 0. The molecule has 1 saturated carbocycles. The van der Waals surface area contributed by atoms with Crippen LogP contribution in [0.5, 0.6) is 0 Å². The number of Topliss-reactive ketones (excluding diaryl/α,β-unsaturated/α-hetero) is 1. The van der Waals surface area contributed by atoms with Crippen LogP contribution in [0.3, 0.4) is 0 Å². The molecule has 1 atom stereocenters. The third-order valence-corrected chi connectivity index (χ3v) is 7.44. The monoisotopic (exact) mass is 448 g/mol. The van der Waals surface area contributed by atoms with Crippen LogP contribution in [0.2, 0.25) is 0 Å². The Morgan fingerprint density at radius 1 is 1.12 bits per heavy atom. The number of benzene rings is 1. The van der Waals surface area contributed by atoms with Crippen LogP contribution < -0.4 is 5.32 Å². The van der Waals surface area contributed by atoms with E-state index in [4.69, 9.17) is 4.42 Å². The smallest absolute Gasteiger partial charge is 0.464 e. The number of hydrogen-bond donors (Lipinski definition) is 3. The second-order valence-electron chi connectivity index (χ2n) is 9.53. The number of aromatic nitrogens is 1. The van der Waals surface area contributed by atoms with Gasteiger partial charge in [-0.1, -0.05) is 37.5 Å². The van der Waals surface area contributed by atoms with E-state index in [0.29, 0.717) is 16.8 Å². The predicted octanol–water partition coefficient (Wildman–Crippen LogP) is 3.05. The molecule has 33 heavy (non-hydrogen) atoms. The zero-order valence-electron chi connectivity index (χ0n) is 18.6. The second kappa shape index (κ2) is 8.84. The Morgan fingerprint density at radius 2 is 1.91 bits per heavy atom. The quantitative estimate of drug-likeness (QED) is 0.503. The Balaban J connectivity index is 1.31. The number of aryl methyl sites for hydroxylation is 1. The number of amides is 1. The summed E-state index contributed by atoms with van der Waals surface area (Å²) in [5, 5.41) is 23.4. The Labute approximate surface area is 192 Å². The highest BCUT2D eigenvalue weighted by Gasteiger charge is 2.44. The predicted molar refractivity (Wildman–Crippen MR) is 125 cm³/mol. The number of carbonyl (C=O) groups excluding carboxylic acids is 2. The summed E-state index contributed by atoms with van der Waals surface area (Å²) in [6.45, 7) is 0.800. The molecular weight excluding hydrogens is 419 g/mol. The number of rotatable bonds is 6. The molecule has 3 N–H and O–H groups in total. The SMILES string of the molecule is O=C(Cc1ccn2c1C(=O)C1(CCCCC1)CC2)NC(Cc1coc2ccccc12)B(O)O. The summed E-state index contributed by atoms with van der Waals surface area (Å²) in [6, 6.07) is 9.34. The third-order valence-electron chi connectivity index (χ3n) is 7.44. The molecule has 7 nitrogen and oxygen atoms in total. The van der Waals surface area contributed by atoms with E-state index < -0.39 is 13.1 Å². The van der Waals surface area contributed by atoms with Gasteiger partial charge in [0.25, 0.3) is 0 Å². The normalized spacial score (nSPS) is 18.3. The zero-order chi connectivity index (χ0) is 23.0. The fraction of sp³-hybridized carbons (Fsp3) is 0.440. The maximum Gasteiger partial charge on any atom is 0.475 e. The van der Waals surface area contributed by atoms with E-state index in [2.05, 4.69) is 5.32 Å². The largest absolute Gasteiger partial charge is 0.475 e. The number of fused-ring (bicyclic) bond motifs is 2. The van der Waals surface area contributed by atoms with Gasteiger partial charge in [0.05, 0.1) is 24.3 Å². The number of furan rings is 1. The molecule has 0 saturated heterocycles. The van der Waals surface area contributed by atoms with Gasteiger partial charge in [-0.15, -0.1) is 0 Å². The summed E-state index contributed by atoms with van der Waals surface area (Å²) in [6.07, 6.45) is 9.80. The molecule has 1 aliphatic carbocycles. The van der Waals surface area contributed by atoms with Crippen molar-refractivity contribution in [3.63, 3.8) is 0 Å². The van der Waals surface area contributed by atoms with Crippen LogP contribution in [0.4, 0.5) is 0 Å². The summed E-state index contributed by atoms with van der Waals surface area (Å²) in [7, 11) is -1.72. The second-order valence-corrected chi connectivity index (χ2v) is 9.53. The maximum absolute atomic E-state index is 13.5. The van der Waals surface area contributed by atoms with Crippen molar-refractivity contribution >= 4 is 29.8 Å². The van der Waals surface area contributed by atoms with Crippen molar-refractivity contribution in [2.45, 2.75) is 63.9 Å². The topological polar surface area (TPSA) is 105 Å². The first-order chi connectivity index (χ1) is 16.0. The molecule has 1 unspecified atom stereocenters. The van der Waals surface area contributed by atoms with Gasteiger partial charge in [-0.3, -0.25) is 9.59 Å². The number of hydrogen-bond acceptors (Lipinski definition) is 5. The van der Waals surface area contributed by atoms with Crippen LogP contribution in [0.1, 0.15) is 60.1 Å². The molecule has 3 heterocycles. The third kappa shape index (κ3) is 4.13. The summed E-state index contributed by atoms with van der Waals surface area (Å²) in [4.78, 5) is 26.4. The molecule has 0 radical (unpaired) electrons. The Morgan fingerprint density at radius 3 is 2.70 bits per heavy atom. The number of para-hydroxylation sites is 1. The molecule has 8 heteroatoms. The lowest BCUT2D eigenvalue weighted by atomic mass is 9.66. The number of nitrogens with zero attached hydrogens (tertiary/aromatic N) is 1. The van der Waals surface area contributed by atoms with Crippen LogP contribution in [-0.2, 0) is 24.2 Å². The van der Waals surface area contributed by atoms with Gasteiger partial charge >= 0.3 is 7.12 Å². The Bertz CT molecular complexity index is 1170. The van der Waals surface area contributed by atoms with E-state index in [1.54, 1.807) is 6.26 Å². The maximum atomic E-state index is 13.5. The van der Waals surface area contributed by atoms with Gasteiger partial charge < -0.3 is 24.3 Å². The van der Waals surface area contributed by atoms with Crippen molar-refractivity contribution in [2.75, 3.05) is 0 Å². The fourth-order valence-corrected chi connectivity index (χ4v) is 5.62. The first-order valence-electron chi connectivity index (χ1n) is 11.8. The average molecular weight is 448 g/mol. The van der Waals surface area contributed by atoms with Gasteiger partial charge in [-0.2, -0.15) is 0 Å². The van der Waals surface area contributed by atoms with Crippen LogP contribution in [0, 0.1) is 5.41 Å². The molecule has 1 amide bonds. The van der Waals surface area contributed by atoms with E-state index in [-0.39, 0.29) is 29.9 Å². The molecule has 0 bridgehead atoms. The molecule has 2 aliphatic rings. The number of nitrogens with one attached hydrogen (secondary N) is 1. The first kappa shape index (κ1) is 22.0. The highest BCUT2D eigenvalue weighted by Crippen LogP contribution is 2.45. The van der Waals surface area contributed by atoms with Crippen molar-refractivity contribution in [3.05, 3.63) is 59.6 Å². The van der Waals surface area contributed by atoms with Gasteiger partial charge in [-0.25, -0.2) is 0 Å². The summed E-state index contributed by atoms with van der Waals surface area (Å²) < 4.78 is 7.51. The molecule has 3 aromatic rings. The lowest BCUT2D eigenvalue weighted by Gasteiger charge is -2.39. The van der Waals surface area contributed by atoms with Crippen molar-refractivity contribution in [2.24, 2.45) is 5.41 Å². The van der Waals surface area contributed by atoms with Gasteiger partial charge in [0.2, 0.25) is 5.91 Å². The number of ketones is 1. The van der Waals surface area contributed by atoms with Crippen LogP contribution in [-0.4, -0.2) is 39.4 Å². The van der Waals surface area contributed by atoms with Crippen molar-refractivity contribution in [3.8, 4) is 0 Å². The molecule has 1 fully saturated rings. The van der Waals surface area contributed by atoms with Crippen LogP contribution in [0.25, 0.3) is 11.0 Å². The average Bonchev–Trinajstić information content (AvgIpc) is 3.41. The van der Waals surface area contributed by atoms with E-state index in [0.717, 1.165) is 49.6 Å². The van der Waals surface area contributed by atoms with Crippen molar-refractivity contribution in [1.29, 1.82) is 0 Å². The minimum atomic E-state index is -1.72. The van der Waals surface area contributed by atoms with Gasteiger partial charge in [0, 0.05) is 23.5 Å². The summed E-state index contributed by atoms with van der Waals surface area (Å²) in [5.74, 6) is -1.06. The van der Waals surface area contributed by atoms with Gasteiger partial charge in [0.15, 0.2) is 5.78 Å². The van der Waals surface area contributed by atoms with Crippen molar-refractivity contribution < 1.29 is 24.1 Å². The molecule has 1 spiro atoms. The van der Waals surface area contributed by atoms with Gasteiger partial charge in [0.1, 0.15) is 5.58 Å². The zero-order valence-corrected chi connectivity index (χ0v) is 18.6. The Kier molecular flexibility index (Phi) is 5.89. The standard InChI is InChI=1S/C25H29BN2O5/c29-22(27-21(26(31)32)14-18-16-33-20-7-3-2-6-19(18)20)15-17-8-12-28-13-11-25(24(30)23(17)28)9-4-1-5-10-25/h2-3,6-8,12,16,21,31-32H,1,4-5,9-11,13-15H2,(H,27,29). The number of carbonyl (C=O) groups is 2. The molecule has 172 valence electrons. The minimum absolute atomic E-state index is 0.0273. The highest BCUT2D eigenvalue weighted by molar-refractivity contribution is 6.43. The van der Waals surface area contributed by atoms with E-state index >= 15 is 0 Å². The first-order valence-corrected chi connectivity index (χ1v) is 11.8. The van der Waals surface area contributed by atoms with E-state index in [1.807, 2.05) is 41.1 Å². The molecule has 5 rings (SSSR count). The highest BCUT2D eigenvalue weighted by atomic mass is 16.4. The lowest BCUT2D eigenvalue weighted by molar-refractivity contribution is -0.120. The molecular formula is C25H29BN2O5. The van der Waals surface area contributed by atoms with Crippen LogP contribution >= 0.6 is 0 Å². The molecule has 1 aliphatic heterocycles. The Hall–Kier alpha value is -2.84. The lowest BCUT2D eigenvalue weighted by Crippen LogP contribution is -2.48. The van der Waals surface area contributed by atoms with Crippen molar-refractivity contribution in [1.82, 2.24) is 9.88 Å². The minimum Gasteiger partial charge on any atom is -0.464 e. The molecule has 2 aromatic heterocycles. The van der Waals surface area contributed by atoms with Gasteiger partial charge in [-0.05, 0) is 48.9 Å². The fourth-order valence-electron chi connectivity index (χ4n) is 5.62. The molecule has 1 aromatic carbocycles. The van der Waals surface area contributed by atoms with Crippen LogP contribution in [0.15, 0.2) is 47.2 Å². The summed E-state index contributed by atoms with van der Waals surface area (Å²) in [5.41, 5.74) is 2.59.